The second-order valence-corrected chi connectivity index (χ2v) is 6.26. The molecule has 1 aliphatic rings. The third-order valence-electron chi connectivity index (χ3n) is 4.29. The van der Waals surface area contributed by atoms with Gasteiger partial charge < -0.3 is 15.0 Å². The van der Waals surface area contributed by atoms with E-state index in [4.69, 9.17) is 4.74 Å². The number of nitrogens with zero attached hydrogens (tertiary/aromatic N) is 1. The van der Waals surface area contributed by atoms with Crippen molar-refractivity contribution in [1.82, 2.24) is 10.2 Å². The molecule has 26 heavy (non-hydrogen) atoms. The predicted octanol–water partition coefficient (Wildman–Crippen LogP) is 2.79. The summed E-state index contributed by atoms with van der Waals surface area (Å²) in [5, 5.41) is 2.69. The third-order valence-corrected chi connectivity index (χ3v) is 4.29. The molecular weight excluding hydrogens is 332 g/mol. The Bertz CT molecular complexity index is 680. The number of benzene rings is 1. The largest absolute Gasteiger partial charge is 0.452 e. The number of hydrogen-bond donors (Lipinski definition) is 1. The van der Waals surface area contributed by atoms with Crippen molar-refractivity contribution in [2.45, 2.75) is 46.1 Å². The van der Waals surface area contributed by atoms with Crippen molar-refractivity contribution in [2.75, 3.05) is 13.2 Å². The number of amides is 2. The fourth-order valence-corrected chi connectivity index (χ4v) is 2.88. The highest BCUT2D eigenvalue weighted by Gasteiger charge is 2.19. The molecule has 6 heteroatoms. The molecule has 0 aromatic heterocycles. The molecule has 0 fully saturated rings. The van der Waals surface area contributed by atoms with Gasteiger partial charge >= 0.3 is 5.97 Å². The van der Waals surface area contributed by atoms with Gasteiger partial charge in [-0.2, -0.15) is 0 Å². The molecule has 0 heterocycles. The number of likely N-dealkylation sites (N-methyl/N-ethyl adjacent to an activating group) is 1. The van der Waals surface area contributed by atoms with Crippen molar-refractivity contribution in [3.63, 3.8) is 0 Å². The van der Waals surface area contributed by atoms with Gasteiger partial charge in [-0.15, -0.1) is 0 Å². The van der Waals surface area contributed by atoms with Crippen LogP contribution in [0, 0.1) is 0 Å². The van der Waals surface area contributed by atoms with Gasteiger partial charge in [-0.05, 0) is 50.3 Å². The Morgan fingerprint density at radius 1 is 1.15 bits per heavy atom. The summed E-state index contributed by atoms with van der Waals surface area (Å²) in [6.07, 6.45) is 6.22. The molecule has 1 aromatic carbocycles. The molecule has 2 amide bonds. The monoisotopic (exact) mass is 358 g/mol. The average molecular weight is 358 g/mol. The summed E-state index contributed by atoms with van der Waals surface area (Å²) >= 11 is 0. The van der Waals surface area contributed by atoms with E-state index in [1.165, 1.54) is 6.92 Å². The molecule has 2 rings (SSSR count). The highest BCUT2D eigenvalue weighted by atomic mass is 16.5. The first-order valence-corrected chi connectivity index (χ1v) is 9.01. The fourth-order valence-electron chi connectivity index (χ4n) is 2.88. The van der Waals surface area contributed by atoms with Gasteiger partial charge in [0.05, 0.1) is 5.56 Å². The number of carbonyl (C=O) groups is 3. The molecule has 0 atom stereocenters. The number of hydrogen-bond acceptors (Lipinski definition) is 4. The van der Waals surface area contributed by atoms with E-state index in [1.54, 1.807) is 29.2 Å². The maximum absolute atomic E-state index is 12.4. The lowest BCUT2D eigenvalue weighted by atomic mass is 10.0. The second kappa shape index (κ2) is 9.75. The lowest BCUT2D eigenvalue weighted by Gasteiger charge is -2.26. The number of rotatable bonds is 7. The summed E-state index contributed by atoms with van der Waals surface area (Å²) in [7, 11) is 0. The topological polar surface area (TPSA) is 75.7 Å². The molecule has 140 valence electrons. The third kappa shape index (κ3) is 5.72. The van der Waals surface area contributed by atoms with Crippen LogP contribution in [0.5, 0.6) is 0 Å². The van der Waals surface area contributed by atoms with Crippen molar-refractivity contribution >= 4 is 17.8 Å². The van der Waals surface area contributed by atoms with Crippen LogP contribution < -0.4 is 5.32 Å². The van der Waals surface area contributed by atoms with E-state index in [9.17, 15) is 14.4 Å². The van der Waals surface area contributed by atoms with Crippen molar-refractivity contribution in [2.24, 2.45) is 0 Å². The first-order valence-electron chi connectivity index (χ1n) is 9.01. The Morgan fingerprint density at radius 2 is 1.88 bits per heavy atom. The molecule has 1 aromatic rings. The first kappa shape index (κ1) is 19.7. The summed E-state index contributed by atoms with van der Waals surface area (Å²) in [4.78, 5) is 37.1. The van der Waals surface area contributed by atoms with Gasteiger partial charge in [-0.25, -0.2) is 4.79 Å². The van der Waals surface area contributed by atoms with E-state index in [2.05, 4.69) is 11.4 Å². The van der Waals surface area contributed by atoms with Crippen LogP contribution >= 0.6 is 0 Å². The van der Waals surface area contributed by atoms with Crippen molar-refractivity contribution in [3.05, 3.63) is 47.2 Å². The maximum Gasteiger partial charge on any atom is 0.338 e. The van der Waals surface area contributed by atoms with E-state index in [1.807, 2.05) is 6.92 Å². The Hall–Kier alpha value is -2.63. The SMILES string of the molecule is CCN(C(=O)COC(=O)c1ccc(CNC(C)=O)cc1)C1=CCCCC1. The Balaban J connectivity index is 1.87. The number of ether oxygens (including phenoxy) is 1. The minimum Gasteiger partial charge on any atom is -0.452 e. The van der Waals surface area contributed by atoms with Crippen LogP contribution in [0.15, 0.2) is 36.0 Å². The Labute approximate surface area is 154 Å². The predicted molar refractivity (Wildman–Crippen MR) is 98.2 cm³/mol. The van der Waals surface area contributed by atoms with E-state index in [-0.39, 0.29) is 18.4 Å². The van der Waals surface area contributed by atoms with Gasteiger partial charge in [0, 0.05) is 25.7 Å². The molecule has 1 aliphatic carbocycles. The summed E-state index contributed by atoms with van der Waals surface area (Å²) in [5.41, 5.74) is 2.29. The first-order chi connectivity index (χ1) is 12.5. The number of nitrogens with one attached hydrogen (secondary N) is 1. The van der Waals surface area contributed by atoms with Crippen LogP contribution in [-0.2, 0) is 20.9 Å². The Morgan fingerprint density at radius 3 is 2.46 bits per heavy atom. The molecule has 0 saturated carbocycles. The van der Waals surface area contributed by atoms with Crippen LogP contribution in [0.1, 0.15) is 55.5 Å². The Kier molecular flexibility index (Phi) is 7.38. The number of allylic oxidation sites excluding steroid dienone is 2. The van der Waals surface area contributed by atoms with Crippen LogP contribution in [0.25, 0.3) is 0 Å². The smallest absolute Gasteiger partial charge is 0.338 e. The normalized spacial score (nSPS) is 13.5. The van der Waals surface area contributed by atoms with Crippen molar-refractivity contribution < 1.29 is 19.1 Å². The van der Waals surface area contributed by atoms with Crippen LogP contribution in [-0.4, -0.2) is 35.8 Å². The average Bonchev–Trinajstić information content (AvgIpc) is 2.66. The highest BCUT2D eigenvalue weighted by Crippen LogP contribution is 2.21. The van der Waals surface area contributed by atoms with Crippen molar-refractivity contribution in [3.8, 4) is 0 Å². The lowest BCUT2D eigenvalue weighted by Crippen LogP contribution is -2.34. The van der Waals surface area contributed by atoms with Gasteiger partial charge in [0.1, 0.15) is 0 Å². The molecule has 1 N–H and O–H groups in total. The zero-order valence-electron chi connectivity index (χ0n) is 15.4. The highest BCUT2D eigenvalue weighted by molar-refractivity contribution is 5.91. The van der Waals surface area contributed by atoms with Gasteiger partial charge in [0.25, 0.3) is 5.91 Å². The maximum atomic E-state index is 12.4. The van der Waals surface area contributed by atoms with E-state index in [0.717, 1.165) is 36.9 Å². The van der Waals surface area contributed by atoms with Gasteiger partial charge in [0.2, 0.25) is 5.91 Å². The minimum absolute atomic E-state index is 0.111. The molecule has 0 bridgehead atoms. The summed E-state index contributed by atoms with van der Waals surface area (Å²) < 4.78 is 5.17. The van der Waals surface area contributed by atoms with E-state index < -0.39 is 5.97 Å². The molecule has 0 saturated heterocycles. The lowest BCUT2D eigenvalue weighted by molar-refractivity contribution is -0.132. The van der Waals surface area contributed by atoms with Crippen LogP contribution in [0.2, 0.25) is 0 Å². The molecule has 6 nitrogen and oxygen atoms in total. The zero-order valence-corrected chi connectivity index (χ0v) is 15.4. The quantitative estimate of drug-likeness (QED) is 0.761. The molecule has 0 aliphatic heterocycles. The van der Waals surface area contributed by atoms with E-state index in [0.29, 0.717) is 18.7 Å². The van der Waals surface area contributed by atoms with E-state index >= 15 is 0 Å². The zero-order chi connectivity index (χ0) is 18.9. The van der Waals surface area contributed by atoms with Gasteiger partial charge in [-0.1, -0.05) is 18.2 Å². The summed E-state index contributed by atoms with van der Waals surface area (Å²) in [6, 6.07) is 6.76. The van der Waals surface area contributed by atoms with Crippen LogP contribution in [0.4, 0.5) is 0 Å². The second-order valence-electron chi connectivity index (χ2n) is 6.26. The van der Waals surface area contributed by atoms with Gasteiger partial charge in [0.15, 0.2) is 6.61 Å². The molecule has 0 radical (unpaired) electrons. The minimum atomic E-state index is -0.530. The van der Waals surface area contributed by atoms with Crippen molar-refractivity contribution in [1.29, 1.82) is 0 Å². The fraction of sp³-hybridized carbons (Fsp3) is 0.450. The standard InChI is InChI=1S/C20H26N2O4/c1-3-22(18-7-5-4-6-8-18)19(24)14-26-20(25)17-11-9-16(10-12-17)13-21-15(2)23/h7,9-12H,3-6,8,13-14H2,1-2H3,(H,21,23). The molecule has 0 spiro atoms. The molecular formula is C20H26N2O4. The summed E-state index contributed by atoms with van der Waals surface area (Å²) in [5.74, 6) is -0.838. The number of esters is 1. The molecule has 0 unspecified atom stereocenters. The van der Waals surface area contributed by atoms with Gasteiger partial charge in [-0.3, -0.25) is 9.59 Å². The number of carbonyl (C=O) groups excluding carboxylic acids is 3. The summed E-state index contributed by atoms with van der Waals surface area (Å²) in [6.45, 7) is 4.08. The van der Waals surface area contributed by atoms with Crippen LogP contribution in [0.3, 0.4) is 0 Å².